The molecule has 2 unspecified atom stereocenters. The van der Waals surface area contributed by atoms with Gasteiger partial charge in [-0.25, -0.2) is 0 Å². The fourth-order valence-corrected chi connectivity index (χ4v) is 1.98. The molecule has 1 aromatic carbocycles. The Morgan fingerprint density at radius 1 is 1.24 bits per heavy atom. The number of nitrogens with one attached hydrogen (secondary N) is 1. The smallest absolute Gasteiger partial charge is 0.0663 e. The van der Waals surface area contributed by atoms with Crippen molar-refractivity contribution in [1.82, 2.24) is 5.32 Å². The average molecular weight is 229 g/mol. The molecule has 0 aliphatic rings. The van der Waals surface area contributed by atoms with E-state index in [4.69, 9.17) is 6.42 Å². The number of hydrogen-bond acceptors (Lipinski definition) is 1. The van der Waals surface area contributed by atoms with E-state index >= 15 is 0 Å². The average Bonchev–Trinajstić information content (AvgIpc) is 2.38. The normalized spacial score (nSPS) is 13.9. The minimum absolute atomic E-state index is 0.127. The van der Waals surface area contributed by atoms with Gasteiger partial charge in [0.15, 0.2) is 0 Å². The summed E-state index contributed by atoms with van der Waals surface area (Å²) in [4.78, 5) is 0. The van der Waals surface area contributed by atoms with Gasteiger partial charge in [0, 0.05) is 6.04 Å². The summed E-state index contributed by atoms with van der Waals surface area (Å²) >= 11 is 0. The van der Waals surface area contributed by atoms with Gasteiger partial charge in [0.1, 0.15) is 0 Å². The predicted octanol–water partition coefficient (Wildman–Crippen LogP) is 3.92. The maximum absolute atomic E-state index is 5.44. The minimum Gasteiger partial charge on any atom is -0.297 e. The van der Waals surface area contributed by atoms with Crippen molar-refractivity contribution in [3.8, 4) is 12.3 Å². The van der Waals surface area contributed by atoms with E-state index in [1.807, 2.05) is 6.92 Å². The number of benzene rings is 1. The molecule has 1 rings (SSSR count). The third kappa shape index (κ3) is 5.06. The van der Waals surface area contributed by atoms with Gasteiger partial charge in [0.25, 0.3) is 0 Å². The van der Waals surface area contributed by atoms with Crippen LogP contribution in [0.15, 0.2) is 30.3 Å². The van der Waals surface area contributed by atoms with Crippen molar-refractivity contribution in [2.24, 2.45) is 0 Å². The maximum Gasteiger partial charge on any atom is 0.0663 e. The van der Waals surface area contributed by atoms with Crippen molar-refractivity contribution in [1.29, 1.82) is 0 Å². The molecule has 0 radical (unpaired) electrons. The number of hydrogen-bond donors (Lipinski definition) is 1. The van der Waals surface area contributed by atoms with Gasteiger partial charge < -0.3 is 0 Å². The van der Waals surface area contributed by atoms with Crippen LogP contribution in [0.25, 0.3) is 0 Å². The van der Waals surface area contributed by atoms with Crippen LogP contribution in [0.1, 0.15) is 51.1 Å². The summed E-state index contributed by atoms with van der Waals surface area (Å²) in [6.45, 7) is 4.27. The summed E-state index contributed by atoms with van der Waals surface area (Å²) in [7, 11) is 0. The molecule has 0 heterocycles. The van der Waals surface area contributed by atoms with Crippen LogP contribution in [0.4, 0.5) is 0 Å². The fraction of sp³-hybridized carbons (Fsp3) is 0.500. The largest absolute Gasteiger partial charge is 0.297 e. The lowest BCUT2D eigenvalue weighted by Crippen LogP contribution is -2.29. The van der Waals surface area contributed by atoms with Gasteiger partial charge in [-0.15, -0.1) is 6.42 Å². The Morgan fingerprint density at radius 2 is 1.94 bits per heavy atom. The SMILES string of the molecule is C#CC(C)NC(CCCCC)c1ccccc1. The second-order valence-corrected chi connectivity index (χ2v) is 4.51. The van der Waals surface area contributed by atoms with Gasteiger partial charge in [-0.05, 0) is 18.9 Å². The van der Waals surface area contributed by atoms with Crippen LogP contribution < -0.4 is 5.32 Å². The highest BCUT2D eigenvalue weighted by Crippen LogP contribution is 2.20. The molecular formula is C16H23N. The van der Waals surface area contributed by atoms with Crippen LogP contribution in [0.3, 0.4) is 0 Å². The number of terminal acetylenes is 1. The molecule has 17 heavy (non-hydrogen) atoms. The van der Waals surface area contributed by atoms with Crippen molar-refractivity contribution < 1.29 is 0 Å². The summed E-state index contributed by atoms with van der Waals surface area (Å²) in [6.07, 6.45) is 10.4. The first-order valence-electron chi connectivity index (χ1n) is 6.55. The van der Waals surface area contributed by atoms with Crippen molar-refractivity contribution in [2.45, 2.75) is 51.6 Å². The molecule has 1 aromatic rings. The maximum atomic E-state index is 5.44. The van der Waals surface area contributed by atoms with Crippen LogP contribution in [0, 0.1) is 12.3 Å². The van der Waals surface area contributed by atoms with Crippen LogP contribution in [-0.2, 0) is 0 Å². The Hall–Kier alpha value is -1.26. The van der Waals surface area contributed by atoms with Crippen LogP contribution in [0.2, 0.25) is 0 Å². The first kappa shape index (κ1) is 13.8. The lowest BCUT2D eigenvalue weighted by atomic mass is 10.00. The first-order valence-corrected chi connectivity index (χ1v) is 6.55. The molecule has 0 aromatic heterocycles. The van der Waals surface area contributed by atoms with Crippen molar-refractivity contribution >= 4 is 0 Å². The highest BCUT2D eigenvalue weighted by atomic mass is 14.9. The molecule has 2 atom stereocenters. The molecule has 0 saturated heterocycles. The van der Waals surface area contributed by atoms with Crippen molar-refractivity contribution in [2.75, 3.05) is 0 Å². The quantitative estimate of drug-likeness (QED) is 0.552. The molecule has 1 N–H and O–H groups in total. The molecule has 1 heteroatoms. The molecular weight excluding hydrogens is 206 g/mol. The zero-order chi connectivity index (χ0) is 12.5. The Labute approximate surface area is 106 Å². The van der Waals surface area contributed by atoms with E-state index in [2.05, 4.69) is 48.5 Å². The highest BCUT2D eigenvalue weighted by Gasteiger charge is 2.12. The molecule has 1 nitrogen and oxygen atoms in total. The molecule has 0 aliphatic heterocycles. The molecule has 0 spiro atoms. The van der Waals surface area contributed by atoms with Crippen LogP contribution in [0.5, 0.6) is 0 Å². The summed E-state index contributed by atoms with van der Waals surface area (Å²) in [5, 5.41) is 3.51. The summed E-state index contributed by atoms with van der Waals surface area (Å²) in [5.41, 5.74) is 1.34. The zero-order valence-electron chi connectivity index (χ0n) is 10.9. The molecule has 0 aliphatic carbocycles. The summed E-state index contributed by atoms with van der Waals surface area (Å²) in [5.74, 6) is 2.74. The molecule has 0 saturated carbocycles. The lowest BCUT2D eigenvalue weighted by molar-refractivity contribution is 0.458. The van der Waals surface area contributed by atoms with E-state index in [1.54, 1.807) is 0 Å². The monoisotopic (exact) mass is 229 g/mol. The lowest BCUT2D eigenvalue weighted by Gasteiger charge is -2.21. The van der Waals surface area contributed by atoms with Gasteiger partial charge in [-0.1, -0.05) is 62.4 Å². The molecule has 92 valence electrons. The van der Waals surface area contributed by atoms with Crippen molar-refractivity contribution in [3.05, 3.63) is 35.9 Å². The third-order valence-corrected chi connectivity index (χ3v) is 3.00. The Morgan fingerprint density at radius 3 is 2.53 bits per heavy atom. The van der Waals surface area contributed by atoms with E-state index in [9.17, 15) is 0 Å². The zero-order valence-corrected chi connectivity index (χ0v) is 10.9. The van der Waals surface area contributed by atoms with Gasteiger partial charge >= 0.3 is 0 Å². The summed E-state index contributed by atoms with van der Waals surface area (Å²) in [6, 6.07) is 11.1. The van der Waals surface area contributed by atoms with Crippen LogP contribution in [-0.4, -0.2) is 6.04 Å². The second kappa shape index (κ2) is 7.92. The predicted molar refractivity (Wildman–Crippen MR) is 74.8 cm³/mol. The van der Waals surface area contributed by atoms with Gasteiger partial charge in [0.2, 0.25) is 0 Å². The van der Waals surface area contributed by atoms with E-state index in [0.29, 0.717) is 6.04 Å². The first-order chi connectivity index (χ1) is 8.27. The molecule has 0 bridgehead atoms. The minimum atomic E-state index is 0.127. The highest BCUT2D eigenvalue weighted by molar-refractivity contribution is 5.19. The van der Waals surface area contributed by atoms with Gasteiger partial charge in [-0.3, -0.25) is 5.32 Å². The Balaban J connectivity index is 2.62. The molecule has 0 amide bonds. The van der Waals surface area contributed by atoms with E-state index in [0.717, 1.165) is 6.42 Å². The Kier molecular flexibility index (Phi) is 6.43. The number of unbranched alkanes of at least 4 members (excludes halogenated alkanes) is 2. The second-order valence-electron chi connectivity index (χ2n) is 4.51. The van der Waals surface area contributed by atoms with Crippen LogP contribution >= 0.6 is 0 Å². The van der Waals surface area contributed by atoms with E-state index in [-0.39, 0.29) is 6.04 Å². The third-order valence-electron chi connectivity index (χ3n) is 3.00. The fourth-order valence-electron chi connectivity index (χ4n) is 1.98. The standard InChI is InChI=1S/C16H23N/c1-4-6-8-13-16(17-14(3)5-2)15-11-9-7-10-12-15/h2,7,9-12,14,16-17H,4,6,8,13H2,1,3H3. The summed E-state index contributed by atoms with van der Waals surface area (Å²) < 4.78 is 0. The number of rotatable bonds is 7. The van der Waals surface area contributed by atoms with E-state index in [1.165, 1.54) is 24.8 Å². The Bertz CT molecular complexity index is 336. The van der Waals surface area contributed by atoms with Crippen molar-refractivity contribution in [3.63, 3.8) is 0 Å². The topological polar surface area (TPSA) is 12.0 Å². The van der Waals surface area contributed by atoms with Gasteiger partial charge in [-0.2, -0.15) is 0 Å². The van der Waals surface area contributed by atoms with E-state index < -0.39 is 0 Å². The van der Waals surface area contributed by atoms with Gasteiger partial charge in [0.05, 0.1) is 6.04 Å². The molecule has 0 fully saturated rings.